The molecular weight excluding hydrogens is 342 g/mol. The highest BCUT2D eigenvalue weighted by molar-refractivity contribution is 9.10. The fraction of sp³-hybridized carbons (Fsp3) is 0.647. The van der Waals surface area contributed by atoms with E-state index in [-0.39, 0.29) is 11.3 Å². The average Bonchev–Trinajstić information content (AvgIpc) is 3.01. The summed E-state index contributed by atoms with van der Waals surface area (Å²) in [6.07, 6.45) is 0.900. The highest BCUT2D eigenvalue weighted by Gasteiger charge is 2.74. The van der Waals surface area contributed by atoms with Gasteiger partial charge in [0.2, 0.25) is 5.91 Å². The quantitative estimate of drug-likeness (QED) is 0.783. The molecule has 2 aliphatic rings. The van der Waals surface area contributed by atoms with Crippen LogP contribution in [0.3, 0.4) is 0 Å². The van der Waals surface area contributed by atoms with Crippen LogP contribution in [0.1, 0.15) is 50.1 Å². The maximum Gasteiger partial charge on any atom is 0.242 e. The number of rotatable bonds is 2. The van der Waals surface area contributed by atoms with Gasteiger partial charge in [0.25, 0.3) is 0 Å². The van der Waals surface area contributed by atoms with Crippen LogP contribution in [0.2, 0.25) is 0 Å². The fourth-order valence-corrected chi connectivity index (χ4v) is 4.04. The molecule has 3 atom stereocenters. The Labute approximate surface area is 144 Å². The van der Waals surface area contributed by atoms with Crippen molar-refractivity contribution in [3.05, 3.63) is 22.3 Å². The van der Waals surface area contributed by atoms with Gasteiger partial charge in [-0.05, 0) is 58.2 Å². The Morgan fingerprint density at radius 2 is 2.27 bits per heavy atom. The molecule has 1 saturated heterocycles. The lowest BCUT2D eigenvalue weighted by molar-refractivity contribution is -0.118. The van der Waals surface area contributed by atoms with Crippen LogP contribution in [0.25, 0.3) is 0 Å². The lowest BCUT2D eigenvalue weighted by atomic mass is 9.80. The van der Waals surface area contributed by atoms with E-state index in [0.717, 1.165) is 5.56 Å². The van der Waals surface area contributed by atoms with Crippen LogP contribution in [-0.2, 0) is 4.79 Å². The number of hydrogen-bond donors (Lipinski definition) is 2. The molecule has 120 valence electrons. The van der Waals surface area contributed by atoms with Crippen LogP contribution in [0.4, 0.5) is 5.82 Å². The molecular formula is C17H24BrN3O. The highest BCUT2D eigenvalue weighted by Crippen LogP contribution is 2.69. The zero-order valence-corrected chi connectivity index (χ0v) is 15.0. The number of anilines is 1. The number of carbonyl (C=O) groups excluding carboxylic acids is 1. The van der Waals surface area contributed by atoms with Crippen molar-refractivity contribution in [2.24, 2.45) is 10.8 Å². The number of hydrogen-bond acceptors (Lipinski definition) is 3. The van der Waals surface area contributed by atoms with Gasteiger partial charge in [0.1, 0.15) is 10.4 Å². The monoisotopic (exact) mass is 368 g/mol. The Kier molecular flexibility index (Phi) is 2.71. The maximum absolute atomic E-state index is 12.8. The number of aromatic nitrogens is 1. The Bertz CT molecular complexity index is 703. The van der Waals surface area contributed by atoms with Crippen LogP contribution in [0.15, 0.2) is 16.7 Å². The van der Waals surface area contributed by atoms with Crippen LogP contribution in [-0.4, -0.2) is 22.5 Å². The standard InChI is InChI=1S/C17H24BrN3O/c1-10-6-7-12(18)19-13(10)20-14(22)11-8-16(5)9-17(16,21-11)15(2,3)4/h6-7,11,21H,8-9H2,1-5H3,(H,19,20,22)/t11-,16+,17+/m0/s1/i5D3. The zero-order chi connectivity index (χ0) is 18.8. The van der Waals surface area contributed by atoms with E-state index >= 15 is 0 Å². The molecule has 4 nitrogen and oxygen atoms in total. The molecule has 1 amide bonds. The van der Waals surface area contributed by atoms with Gasteiger partial charge in [0.05, 0.1) is 6.04 Å². The van der Waals surface area contributed by atoms with E-state index in [1.54, 1.807) is 0 Å². The first-order valence-corrected chi connectivity index (χ1v) is 8.34. The number of nitrogens with one attached hydrogen (secondary N) is 2. The van der Waals surface area contributed by atoms with Crippen molar-refractivity contribution in [2.45, 2.75) is 59.0 Å². The van der Waals surface area contributed by atoms with Gasteiger partial charge in [-0.25, -0.2) is 4.98 Å². The Hall–Kier alpha value is -0.940. The first-order chi connectivity index (χ1) is 11.3. The second kappa shape index (κ2) is 4.78. The number of fused-ring (bicyclic) bond motifs is 1. The average molecular weight is 369 g/mol. The predicted molar refractivity (Wildman–Crippen MR) is 91.8 cm³/mol. The molecule has 1 aliphatic carbocycles. The normalized spacial score (nSPS) is 36.0. The topological polar surface area (TPSA) is 54.0 Å². The molecule has 1 aromatic heterocycles. The van der Waals surface area contributed by atoms with Gasteiger partial charge in [-0.3, -0.25) is 10.1 Å². The number of piperidine rings is 1. The summed E-state index contributed by atoms with van der Waals surface area (Å²) < 4.78 is 24.7. The molecule has 1 saturated carbocycles. The van der Waals surface area contributed by atoms with E-state index in [4.69, 9.17) is 4.11 Å². The first kappa shape index (κ1) is 12.5. The molecule has 2 fully saturated rings. The lowest BCUT2D eigenvalue weighted by Crippen LogP contribution is -2.49. The number of amides is 1. The molecule has 0 unspecified atom stereocenters. The van der Waals surface area contributed by atoms with E-state index in [1.165, 1.54) is 0 Å². The molecule has 2 N–H and O–H groups in total. The number of carbonyl (C=O) groups is 1. The lowest BCUT2D eigenvalue weighted by Gasteiger charge is -2.32. The summed E-state index contributed by atoms with van der Waals surface area (Å²) in [6, 6.07) is 3.15. The highest BCUT2D eigenvalue weighted by atomic mass is 79.9. The third-order valence-electron chi connectivity index (χ3n) is 5.13. The predicted octanol–water partition coefficient (Wildman–Crippen LogP) is 3.65. The number of aryl methyl sites for hydroxylation is 1. The summed E-state index contributed by atoms with van der Waals surface area (Å²) in [7, 11) is 0. The molecule has 0 bridgehead atoms. The van der Waals surface area contributed by atoms with Gasteiger partial charge in [0, 0.05) is 9.65 Å². The van der Waals surface area contributed by atoms with Crippen molar-refractivity contribution in [3.63, 3.8) is 0 Å². The summed E-state index contributed by atoms with van der Waals surface area (Å²) in [4.78, 5) is 17.1. The first-order valence-electron chi connectivity index (χ1n) is 9.05. The van der Waals surface area contributed by atoms with Crippen LogP contribution < -0.4 is 10.6 Å². The number of nitrogens with zero attached hydrogens (tertiary/aromatic N) is 1. The molecule has 1 aromatic rings. The molecule has 2 heterocycles. The summed E-state index contributed by atoms with van der Waals surface area (Å²) >= 11 is 3.30. The summed E-state index contributed by atoms with van der Waals surface area (Å²) in [6.45, 7) is 5.89. The molecule has 0 spiro atoms. The number of pyridine rings is 1. The summed E-state index contributed by atoms with van der Waals surface area (Å²) in [5, 5.41) is 6.22. The molecule has 22 heavy (non-hydrogen) atoms. The Morgan fingerprint density at radius 1 is 1.55 bits per heavy atom. The largest absolute Gasteiger partial charge is 0.309 e. The van der Waals surface area contributed by atoms with Gasteiger partial charge < -0.3 is 5.32 Å². The van der Waals surface area contributed by atoms with Crippen molar-refractivity contribution in [1.82, 2.24) is 10.3 Å². The van der Waals surface area contributed by atoms with Gasteiger partial charge >= 0.3 is 0 Å². The minimum Gasteiger partial charge on any atom is -0.309 e. The third-order valence-corrected chi connectivity index (χ3v) is 5.58. The van der Waals surface area contributed by atoms with Crippen molar-refractivity contribution >= 4 is 27.7 Å². The molecule has 0 aromatic carbocycles. The minimum absolute atomic E-state index is 0.229. The Balaban J connectivity index is 1.84. The van der Waals surface area contributed by atoms with E-state index in [9.17, 15) is 4.79 Å². The molecule has 3 rings (SSSR count). The maximum atomic E-state index is 12.8. The van der Waals surface area contributed by atoms with Gasteiger partial charge in [-0.15, -0.1) is 0 Å². The van der Waals surface area contributed by atoms with E-state index in [0.29, 0.717) is 23.3 Å². The van der Waals surface area contributed by atoms with Crippen molar-refractivity contribution < 1.29 is 8.91 Å². The number of halogens is 1. The van der Waals surface area contributed by atoms with Crippen LogP contribution in [0.5, 0.6) is 0 Å². The van der Waals surface area contributed by atoms with E-state index < -0.39 is 23.8 Å². The molecule has 5 heteroatoms. The Morgan fingerprint density at radius 3 is 2.86 bits per heavy atom. The van der Waals surface area contributed by atoms with Crippen LogP contribution in [0, 0.1) is 17.8 Å². The second-order valence-corrected chi connectivity index (χ2v) is 8.42. The van der Waals surface area contributed by atoms with Gasteiger partial charge in [0.15, 0.2) is 0 Å². The van der Waals surface area contributed by atoms with Crippen molar-refractivity contribution in [3.8, 4) is 0 Å². The molecule has 0 radical (unpaired) electrons. The van der Waals surface area contributed by atoms with Crippen molar-refractivity contribution in [2.75, 3.05) is 5.32 Å². The minimum atomic E-state index is -2.09. The van der Waals surface area contributed by atoms with E-state index in [2.05, 4.69) is 31.5 Å². The summed E-state index contributed by atoms with van der Waals surface area (Å²) in [5.74, 6) is 0.266. The van der Waals surface area contributed by atoms with Gasteiger partial charge in [-0.2, -0.15) is 0 Å². The van der Waals surface area contributed by atoms with Crippen molar-refractivity contribution in [1.29, 1.82) is 0 Å². The zero-order valence-electron chi connectivity index (χ0n) is 16.4. The fourth-order valence-electron chi connectivity index (χ4n) is 3.73. The smallest absolute Gasteiger partial charge is 0.242 e. The van der Waals surface area contributed by atoms with E-state index in [1.807, 2.05) is 39.8 Å². The third kappa shape index (κ3) is 2.29. The molecule has 1 aliphatic heterocycles. The SMILES string of the molecule is [2H]C([2H])([2H])[C@]12C[C@@H](C(=O)Nc3nc(Br)ccc3C)N[C@@]1(C(C)(C)C)C2. The second-order valence-electron chi connectivity index (χ2n) is 7.60. The van der Waals surface area contributed by atoms with Gasteiger partial charge in [-0.1, -0.05) is 33.7 Å². The summed E-state index contributed by atoms with van der Waals surface area (Å²) in [5.41, 5.74) is -0.760. The van der Waals surface area contributed by atoms with Crippen LogP contribution >= 0.6 is 15.9 Å².